The maximum Gasteiger partial charge on any atom is 0.341 e. The summed E-state index contributed by atoms with van der Waals surface area (Å²) in [7, 11) is 0. The van der Waals surface area contributed by atoms with Crippen LogP contribution in [0.25, 0.3) is 0 Å². The Hall–Kier alpha value is -2.14. The van der Waals surface area contributed by atoms with Crippen molar-refractivity contribution in [2.24, 2.45) is 11.3 Å². The van der Waals surface area contributed by atoms with E-state index in [0.29, 0.717) is 28.7 Å². The lowest BCUT2D eigenvalue weighted by atomic mass is 9.72. The zero-order valence-electron chi connectivity index (χ0n) is 17.3. The minimum atomic E-state index is -0.339. The van der Waals surface area contributed by atoms with Crippen molar-refractivity contribution in [3.8, 4) is 0 Å². The summed E-state index contributed by atoms with van der Waals surface area (Å²) in [6.07, 6.45) is 2.84. The van der Waals surface area contributed by atoms with Crippen molar-refractivity contribution in [1.29, 1.82) is 0 Å². The molecule has 0 spiro atoms. The van der Waals surface area contributed by atoms with Gasteiger partial charge in [-0.05, 0) is 62.1 Å². The Morgan fingerprint density at radius 2 is 1.89 bits per heavy atom. The van der Waals surface area contributed by atoms with Gasteiger partial charge in [0, 0.05) is 10.4 Å². The van der Waals surface area contributed by atoms with E-state index in [0.717, 1.165) is 30.4 Å². The average molecular weight is 400 g/mol. The number of thiophene rings is 1. The van der Waals surface area contributed by atoms with Crippen LogP contribution in [0, 0.1) is 18.3 Å². The van der Waals surface area contributed by atoms with Crippen molar-refractivity contribution in [1.82, 2.24) is 0 Å². The fraction of sp³-hybridized carbons (Fsp3) is 0.478. The van der Waals surface area contributed by atoms with Crippen molar-refractivity contribution < 1.29 is 14.3 Å². The first-order valence-electron chi connectivity index (χ1n) is 9.90. The van der Waals surface area contributed by atoms with Gasteiger partial charge in [-0.25, -0.2) is 4.79 Å². The van der Waals surface area contributed by atoms with E-state index < -0.39 is 0 Å². The third-order valence-electron chi connectivity index (χ3n) is 5.51. The second-order valence-electron chi connectivity index (χ2n) is 8.55. The van der Waals surface area contributed by atoms with Crippen LogP contribution in [-0.4, -0.2) is 18.5 Å². The van der Waals surface area contributed by atoms with Crippen molar-refractivity contribution in [2.75, 3.05) is 11.9 Å². The molecule has 4 nitrogen and oxygen atoms in total. The topological polar surface area (TPSA) is 55.4 Å². The van der Waals surface area contributed by atoms with Gasteiger partial charge in [-0.1, -0.05) is 38.5 Å². The Morgan fingerprint density at radius 1 is 1.21 bits per heavy atom. The van der Waals surface area contributed by atoms with E-state index in [9.17, 15) is 9.59 Å². The molecule has 28 heavy (non-hydrogen) atoms. The van der Waals surface area contributed by atoms with E-state index in [-0.39, 0.29) is 17.3 Å². The zero-order chi connectivity index (χ0) is 20.5. The van der Waals surface area contributed by atoms with Crippen LogP contribution in [0.1, 0.15) is 70.8 Å². The lowest BCUT2D eigenvalue weighted by Crippen LogP contribution is -2.26. The highest BCUT2D eigenvalue weighted by Gasteiger charge is 2.34. The summed E-state index contributed by atoms with van der Waals surface area (Å²) in [5.41, 5.74) is 3.51. The standard InChI is InChI=1S/C23H29NO3S/c1-6-27-22(26)19-17-12-11-16(23(3,4)5)13-18(17)28-21(19)24-20(25)15-9-7-14(2)8-10-15/h7-10,16H,6,11-13H2,1-5H3,(H,24,25)/t16-/m1/s1. The van der Waals surface area contributed by atoms with Crippen LogP contribution in [-0.2, 0) is 17.6 Å². The summed E-state index contributed by atoms with van der Waals surface area (Å²) in [6.45, 7) is 10.9. The lowest BCUT2D eigenvalue weighted by molar-refractivity contribution is 0.0526. The van der Waals surface area contributed by atoms with Crippen LogP contribution in [0.4, 0.5) is 5.00 Å². The molecule has 1 heterocycles. The van der Waals surface area contributed by atoms with E-state index in [1.807, 2.05) is 19.1 Å². The number of amides is 1. The minimum Gasteiger partial charge on any atom is -0.462 e. The number of benzene rings is 1. The van der Waals surface area contributed by atoms with Gasteiger partial charge in [-0.3, -0.25) is 4.79 Å². The van der Waals surface area contributed by atoms with Crippen LogP contribution in [0.3, 0.4) is 0 Å². The zero-order valence-corrected chi connectivity index (χ0v) is 18.2. The molecule has 0 saturated heterocycles. The van der Waals surface area contributed by atoms with Crippen LogP contribution >= 0.6 is 11.3 Å². The van der Waals surface area contributed by atoms with E-state index in [1.54, 1.807) is 19.1 Å². The average Bonchev–Trinajstić information content (AvgIpc) is 2.98. The van der Waals surface area contributed by atoms with E-state index in [1.165, 1.54) is 16.2 Å². The first-order chi connectivity index (χ1) is 13.2. The maximum absolute atomic E-state index is 12.7. The van der Waals surface area contributed by atoms with E-state index >= 15 is 0 Å². The number of hydrogen-bond donors (Lipinski definition) is 1. The maximum atomic E-state index is 12.7. The van der Waals surface area contributed by atoms with Crippen LogP contribution in [0.5, 0.6) is 0 Å². The Kier molecular flexibility index (Phi) is 5.94. The molecular formula is C23H29NO3S. The molecule has 2 aromatic rings. The van der Waals surface area contributed by atoms with Gasteiger partial charge in [0.2, 0.25) is 0 Å². The van der Waals surface area contributed by atoms with Crippen molar-refractivity contribution in [2.45, 2.75) is 53.9 Å². The number of fused-ring (bicyclic) bond motifs is 1. The fourth-order valence-corrected chi connectivity index (χ4v) is 5.02. The largest absolute Gasteiger partial charge is 0.462 e. The molecule has 1 aliphatic rings. The smallest absolute Gasteiger partial charge is 0.341 e. The van der Waals surface area contributed by atoms with Crippen molar-refractivity contribution >= 4 is 28.2 Å². The molecule has 0 saturated carbocycles. The van der Waals surface area contributed by atoms with Gasteiger partial charge < -0.3 is 10.1 Å². The number of ether oxygens (including phenoxy) is 1. The monoisotopic (exact) mass is 399 g/mol. The van der Waals surface area contributed by atoms with Gasteiger partial charge in [-0.2, -0.15) is 0 Å². The Balaban J connectivity index is 1.93. The molecule has 0 fully saturated rings. The van der Waals surface area contributed by atoms with Crippen molar-refractivity contribution in [3.63, 3.8) is 0 Å². The number of anilines is 1. The molecule has 1 aromatic heterocycles. The number of esters is 1. The van der Waals surface area contributed by atoms with Crippen LogP contribution in [0.15, 0.2) is 24.3 Å². The highest BCUT2D eigenvalue weighted by atomic mass is 32.1. The Bertz CT molecular complexity index is 874. The van der Waals surface area contributed by atoms with Gasteiger partial charge in [0.05, 0.1) is 12.2 Å². The third-order valence-corrected chi connectivity index (χ3v) is 6.68. The Labute approximate surface area is 171 Å². The highest BCUT2D eigenvalue weighted by molar-refractivity contribution is 7.17. The predicted molar refractivity (Wildman–Crippen MR) is 114 cm³/mol. The minimum absolute atomic E-state index is 0.198. The molecular weight excluding hydrogens is 370 g/mol. The highest BCUT2D eigenvalue weighted by Crippen LogP contribution is 2.44. The molecule has 0 aliphatic heterocycles. The normalized spacial score (nSPS) is 16.4. The van der Waals surface area contributed by atoms with Crippen LogP contribution in [0.2, 0.25) is 0 Å². The summed E-state index contributed by atoms with van der Waals surface area (Å²) in [5, 5.41) is 3.59. The molecule has 0 unspecified atom stereocenters. The van der Waals surface area contributed by atoms with Gasteiger partial charge in [0.15, 0.2) is 0 Å². The molecule has 1 N–H and O–H groups in total. The van der Waals surface area contributed by atoms with Gasteiger partial charge >= 0.3 is 5.97 Å². The molecule has 5 heteroatoms. The predicted octanol–water partition coefficient (Wildman–Crippen LogP) is 5.64. The summed E-state index contributed by atoms with van der Waals surface area (Å²) in [4.78, 5) is 26.6. The summed E-state index contributed by atoms with van der Waals surface area (Å²) < 4.78 is 5.31. The molecule has 3 rings (SSSR count). The van der Waals surface area contributed by atoms with Crippen molar-refractivity contribution in [3.05, 3.63) is 51.4 Å². The second-order valence-corrected chi connectivity index (χ2v) is 9.66. The second kappa shape index (κ2) is 8.08. The van der Waals surface area contributed by atoms with Gasteiger partial charge in [0.25, 0.3) is 5.91 Å². The Morgan fingerprint density at radius 3 is 2.50 bits per heavy atom. The molecule has 150 valence electrons. The fourth-order valence-electron chi connectivity index (χ4n) is 3.71. The van der Waals surface area contributed by atoms with Gasteiger partial charge in [0.1, 0.15) is 5.00 Å². The lowest BCUT2D eigenvalue weighted by Gasteiger charge is -2.33. The van der Waals surface area contributed by atoms with E-state index in [4.69, 9.17) is 4.74 Å². The number of carbonyl (C=O) groups is 2. The first-order valence-corrected chi connectivity index (χ1v) is 10.7. The molecule has 1 atom stereocenters. The first kappa shape index (κ1) is 20.6. The number of nitrogens with one attached hydrogen (secondary N) is 1. The van der Waals surface area contributed by atoms with Crippen LogP contribution < -0.4 is 5.32 Å². The van der Waals surface area contributed by atoms with E-state index in [2.05, 4.69) is 26.1 Å². The summed E-state index contributed by atoms with van der Waals surface area (Å²) in [5.74, 6) is 0.0271. The summed E-state index contributed by atoms with van der Waals surface area (Å²) in [6, 6.07) is 7.43. The molecule has 1 amide bonds. The summed E-state index contributed by atoms with van der Waals surface area (Å²) >= 11 is 1.53. The molecule has 0 radical (unpaired) electrons. The SMILES string of the molecule is CCOC(=O)c1c(NC(=O)c2ccc(C)cc2)sc2c1CC[C@@H](C(C)(C)C)C2. The molecule has 0 bridgehead atoms. The quantitative estimate of drug-likeness (QED) is 0.677. The molecule has 1 aromatic carbocycles. The molecule has 1 aliphatic carbocycles. The third kappa shape index (κ3) is 4.30. The number of rotatable bonds is 4. The van der Waals surface area contributed by atoms with Gasteiger partial charge in [-0.15, -0.1) is 11.3 Å². The number of aryl methyl sites for hydroxylation is 1. The number of hydrogen-bond acceptors (Lipinski definition) is 4. The number of carbonyl (C=O) groups excluding carboxylic acids is 2.